The van der Waals surface area contributed by atoms with Crippen LogP contribution in [0.15, 0.2) is 36.4 Å². The number of benzene rings is 2. The quantitative estimate of drug-likeness (QED) is 0.261. The van der Waals surface area contributed by atoms with Gasteiger partial charge in [0.05, 0.1) is 0 Å². The van der Waals surface area contributed by atoms with E-state index < -0.39 is 22.4 Å². The summed E-state index contributed by atoms with van der Waals surface area (Å²) >= 11 is 0. The molecule has 2 aromatic rings. The Morgan fingerprint density at radius 2 is 0.778 bits per heavy atom. The second-order valence-electron chi connectivity index (χ2n) is 13.6. The summed E-state index contributed by atoms with van der Waals surface area (Å²) < 4.78 is 0. The molecule has 0 amide bonds. The predicted molar refractivity (Wildman–Crippen MR) is 181 cm³/mol. The summed E-state index contributed by atoms with van der Waals surface area (Å²) in [6, 6.07) is 15.3. The van der Waals surface area contributed by atoms with Gasteiger partial charge in [0, 0.05) is 0 Å². The summed E-state index contributed by atoms with van der Waals surface area (Å²) in [5.74, 6) is 1.13. The monoisotopic (exact) mass is 548 g/mol. The molecule has 0 unspecified atom stereocenters. The number of hydrogen-bond donors (Lipinski definition) is 0. The second kappa shape index (κ2) is 12.3. The normalized spacial score (nSPS) is 15.1. The zero-order valence-corrected chi connectivity index (χ0v) is 29.3. The van der Waals surface area contributed by atoms with Crippen molar-refractivity contribution in [2.24, 2.45) is 0 Å². The van der Waals surface area contributed by atoms with Crippen LogP contribution in [0.3, 0.4) is 0 Å². The van der Waals surface area contributed by atoms with Gasteiger partial charge >= 0.3 is 229 Å². The molecule has 36 heavy (non-hydrogen) atoms. The van der Waals surface area contributed by atoms with Gasteiger partial charge in [0.1, 0.15) is 0 Å². The fraction of sp³-hybridized carbons (Fsp3) is 0.636. The summed E-state index contributed by atoms with van der Waals surface area (Å²) in [5, 5.41) is 6.80. The van der Waals surface area contributed by atoms with Gasteiger partial charge in [-0.3, -0.25) is 0 Å². The summed E-state index contributed by atoms with van der Waals surface area (Å²) in [6.07, 6.45) is 0. The standard InChI is InChI=1S/C33H59P3/c1-22(2)28-16-18-30(32(20-28)35(14,24(5)6)25(7)8)34(13)31-19-17-29(23(3)4)21-33(31)36(15,26(9)10)27(11)12/h16-27,35-36H,1-15H3. The van der Waals surface area contributed by atoms with Crippen molar-refractivity contribution in [1.82, 2.24) is 0 Å². The van der Waals surface area contributed by atoms with E-state index in [0.717, 1.165) is 22.6 Å². The molecule has 2 rings (SSSR count). The van der Waals surface area contributed by atoms with Gasteiger partial charge in [-0.25, -0.2) is 0 Å². The molecule has 0 saturated heterocycles. The van der Waals surface area contributed by atoms with Crippen LogP contribution in [0.4, 0.5) is 0 Å². The van der Waals surface area contributed by atoms with Crippen molar-refractivity contribution in [3.63, 3.8) is 0 Å². The zero-order chi connectivity index (χ0) is 27.7. The maximum atomic E-state index is 2.67. The number of hydrogen-bond acceptors (Lipinski definition) is 0. The fourth-order valence-electron chi connectivity index (χ4n) is 5.98. The molecule has 0 radical (unpaired) electrons. The first-order valence-electron chi connectivity index (χ1n) is 14.5. The van der Waals surface area contributed by atoms with E-state index in [1.807, 2.05) is 0 Å². The third kappa shape index (κ3) is 5.98. The van der Waals surface area contributed by atoms with E-state index in [9.17, 15) is 0 Å². The molecular weight excluding hydrogens is 489 g/mol. The van der Waals surface area contributed by atoms with Gasteiger partial charge in [-0.2, -0.15) is 0 Å². The average Bonchev–Trinajstić information content (AvgIpc) is 2.80. The van der Waals surface area contributed by atoms with Gasteiger partial charge in [0.15, 0.2) is 0 Å². The van der Waals surface area contributed by atoms with Crippen LogP contribution in [0.25, 0.3) is 0 Å². The Labute approximate surface area is 228 Å². The Kier molecular flexibility index (Phi) is 10.9. The van der Waals surface area contributed by atoms with Crippen LogP contribution in [0.5, 0.6) is 0 Å². The van der Waals surface area contributed by atoms with Crippen LogP contribution in [-0.2, 0) is 0 Å². The van der Waals surface area contributed by atoms with Crippen molar-refractivity contribution >= 4 is 43.7 Å². The Balaban J connectivity index is 2.93. The van der Waals surface area contributed by atoms with Gasteiger partial charge in [-0.1, -0.05) is 0 Å². The molecular formula is C33H59P3. The van der Waals surface area contributed by atoms with Crippen LogP contribution in [0.1, 0.15) is 106 Å². The van der Waals surface area contributed by atoms with E-state index >= 15 is 0 Å². The third-order valence-corrected chi connectivity index (χ3v) is 25.4. The molecule has 0 spiro atoms. The molecule has 3 heteroatoms. The molecule has 0 N–H and O–H groups in total. The molecule has 0 atom stereocenters. The maximum absolute atomic E-state index is 2.67. The first kappa shape index (κ1) is 31.9. The van der Waals surface area contributed by atoms with Crippen molar-refractivity contribution in [2.45, 2.75) is 118 Å². The molecule has 0 aliphatic rings. The second-order valence-corrected chi connectivity index (χ2v) is 26.5. The van der Waals surface area contributed by atoms with Crippen LogP contribution in [-0.4, -0.2) is 42.6 Å². The first-order valence-corrected chi connectivity index (χ1v) is 21.6. The molecule has 0 fully saturated rings. The van der Waals surface area contributed by atoms with Crippen LogP contribution in [0, 0.1) is 0 Å². The van der Waals surface area contributed by atoms with E-state index in [-0.39, 0.29) is 0 Å². The van der Waals surface area contributed by atoms with Crippen LogP contribution < -0.4 is 21.2 Å². The minimum absolute atomic E-state index is 0.434. The van der Waals surface area contributed by atoms with E-state index in [1.54, 1.807) is 21.2 Å². The van der Waals surface area contributed by atoms with Crippen molar-refractivity contribution in [3.05, 3.63) is 47.5 Å². The summed E-state index contributed by atoms with van der Waals surface area (Å²) in [5.41, 5.74) is 5.89. The van der Waals surface area contributed by atoms with E-state index in [0.29, 0.717) is 11.8 Å². The van der Waals surface area contributed by atoms with E-state index in [4.69, 9.17) is 0 Å². The van der Waals surface area contributed by atoms with Gasteiger partial charge in [-0.05, 0) is 0 Å². The third-order valence-electron chi connectivity index (χ3n) is 10.1. The van der Waals surface area contributed by atoms with Gasteiger partial charge in [0.2, 0.25) is 0 Å². The molecule has 206 valence electrons. The molecule has 0 aliphatic heterocycles. The predicted octanol–water partition coefficient (Wildman–Crippen LogP) is 8.64. The number of rotatable bonds is 10. The van der Waals surface area contributed by atoms with Gasteiger partial charge < -0.3 is 0 Å². The summed E-state index contributed by atoms with van der Waals surface area (Å²) in [4.78, 5) is 0. The Morgan fingerprint density at radius 1 is 0.500 bits per heavy atom. The minimum atomic E-state index is -1.71. The van der Waals surface area contributed by atoms with Crippen molar-refractivity contribution in [1.29, 1.82) is 0 Å². The van der Waals surface area contributed by atoms with Crippen LogP contribution >= 0.6 is 22.4 Å². The van der Waals surface area contributed by atoms with Crippen molar-refractivity contribution < 1.29 is 0 Å². The molecule has 0 aliphatic carbocycles. The Hall–Kier alpha value is -0.270. The average molecular weight is 549 g/mol. The van der Waals surface area contributed by atoms with E-state index in [2.05, 4.69) is 139 Å². The van der Waals surface area contributed by atoms with Crippen LogP contribution in [0.2, 0.25) is 0 Å². The molecule has 0 heterocycles. The molecule has 0 bridgehead atoms. The van der Waals surface area contributed by atoms with Crippen molar-refractivity contribution in [2.75, 3.05) is 20.0 Å². The van der Waals surface area contributed by atoms with E-state index in [1.165, 1.54) is 11.1 Å². The topological polar surface area (TPSA) is 0 Å². The fourth-order valence-corrected chi connectivity index (χ4v) is 17.5. The molecule has 0 nitrogen and oxygen atoms in total. The Morgan fingerprint density at radius 3 is 1.00 bits per heavy atom. The van der Waals surface area contributed by atoms with Crippen molar-refractivity contribution in [3.8, 4) is 0 Å². The summed E-state index contributed by atoms with van der Waals surface area (Å²) in [6.45, 7) is 37.2. The molecule has 0 saturated carbocycles. The molecule has 2 aromatic carbocycles. The molecule has 0 aromatic heterocycles. The van der Waals surface area contributed by atoms with Gasteiger partial charge in [-0.15, -0.1) is 0 Å². The zero-order valence-electron chi connectivity index (χ0n) is 26.4. The Bertz CT molecular complexity index is 916. The summed E-state index contributed by atoms with van der Waals surface area (Å²) in [7, 11) is -3.85. The van der Waals surface area contributed by atoms with Gasteiger partial charge in [0.25, 0.3) is 0 Å². The first-order chi connectivity index (χ1) is 16.5. The SMILES string of the molecule is CC(C)c1ccc(P(C)c2ccc(C(C)C)cc2[PH](C)(C(C)C)C(C)C)c([PH](C)(C(C)C)C(C)C)c1.